The van der Waals surface area contributed by atoms with Crippen LogP contribution in [0.1, 0.15) is 52.5 Å². The van der Waals surface area contributed by atoms with Crippen molar-refractivity contribution in [3.63, 3.8) is 0 Å². The topological polar surface area (TPSA) is 50.2 Å². The molecule has 1 aliphatic heterocycles. The molecule has 1 N–H and O–H groups in total. The molecule has 0 aliphatic carbocycles. The summed E-state index contributed by atoms with van der Waals surface area (Å²) in [7, 11) is 1.63. The highest BCUT2D eigenvalue weighted by molar-refractivity contribution is 5.98. The number of amides is 1. The molecule has 8 heteroatoms. The first kappa shape index (κ1) is 21.9. The Morgan fingerprint density at radius 1 is 1.12 bits per heavy atom. The van der Waals surface area contributed by atoms with Crippen molar-refractivity contribution in [2.45, 2.75) is 44.6 Å². The molecular formula is C24H25F3N4O. The molecule has 2 aromatic carbocycles. The molecule has 5 nitrogen and oxygen atoms in total. The van der Waals surface area contributed by atoms with E-state index >= 15 is 0 Å². The van der Waals surface area contributed by atoms with Gasteiger partial charge in [-0.15, -0.1) is 0 Å². The minimum atomic E-state index is -4.49. The van der Waals surface area contributed by atoms with Gasteiger partial charge in [0.25, 0.3) is 5.91 Å². The van der Waals surface area contributed by atoms with E-state index in [9.17, 15) is 18.0 Å². The lowest BCUT2D eigenvalue weighted by molar-refractivity contribution is -0.173. The van der Waals surface area contributed by atoms with Crippen molar-refractivity contribution in [2.24, 2.45) is 0 Å². The van der Waals surface area contributed by atoms with Gasteiger partial charge in [0.05, 0.1) is 12.2 Å². The van der Waals surface area contributed by atoms with Crippen LogP contribution in [0.5, 0.6) is 0 Å². The van der Waals surface area contributed by atoms with Crippen molar-refractivity contribution in [3.05, 3.63) is 83.0 Å². The number of anilines is 1. The average Bonchev–Trinajstić information content (AvgIpc) is 3.21. The minimum absolute atomic E-state index is 0.105. The fourth-order valence-corrected chi connectivity index (χ4v) is 4.06. The Kier molecular flexibility index (Phi) is 5.95. The van der Waals surface area contributed by atoms with Crippen molar-refractivity contribution in [1.82, 2.24) is 14.7 Å². The lowest BCUT2D eigenvalue weighted by atomic mass is 9.95. The summed E-state index contributed by atoms with van der Waals surface area (Å²) >= 11 is 0. The van der Waals surface area contributed by atoms with Crippen LogP contribution in [-0.2, 0) is 13.0 Å². The third-order valence-corrected chi connectivity index (χ3v) is 5.87. The molecule has 0 saturated carbocycles. The van der Waals surface area contributed by atoms with E-state index in [2.05, 4.69) is 10.4 Å². The zero-order valence-corrected chi connectivity index (χ0v) is 17.9. The number of carbonyl (C=O) groups excluding carboxylic acids is 1. The molecule has 0 saturated heterocycles. The molecule has 3 aromatic rings. The average molecular weight is 442 g/mol. The Morgan fingerprint density at radius 2 is 1.81 bits per heavy atom. The quantitative estimate of drug-likeness (QED) is 0.577. The van der Waals surface area contributed by atoms with Gasteiger partial charge >= 0.3 is 6.18 Å². The number of aromatic nitrogens is 2. The number of nitrogens with zero attached hydrogens (tertiary/aromatic N) is 3. The first-order valence-corrected chi connectivity index (χ1v) is 10.6. The fourth-order valence-electron chi connectivity index (χ4n) is 4.06. The Balaban J connectivity index is 1.65. The summed E-state index contributed by atoms with van der Waals surface area (Å²) in [5.74, 6) is -0.279. The molecule has 0 fully saturated rings. The number of benzene rings is 2. The predicted molar refractivity (Wildman–Crippen MR) is 116 cm³/mol. The number of fused-ring (bicyclic) bond motifs is 1. The Bertz CT molecular complexity index is 1080. The first-order chi connectivity index (χ1) is 15.3. The second-order valence-electron chi connectivity index (χ2n) is 8.08. The summed E-state index contributed by atoms with van der Waals surface area (Å²) in [5, 5.41) is 7.11. The highest BCUT2D eigenvalue weighted by Crippen LogP contribution is 2.44. The van der Waals surface area contributed by atoms with Gasteiger partial charge in [-0.2, -0.15) is 18.3 Å². The molecule has 1 aliphatic rings. The molecule has 2 heterocycles. The molecule has 32 heavy (non-hydrogen) atoms. The molecule has 1 aromatic heterocycles. The van der Waals surface area contributed by atoms with Crippen molar-refractivity contribution in [2.75, 3.05) is 12.4 Å². The third kappa shape index (κ3) is 4.35. The van der Waals surface area contributed by atoms with Crippen LogP contribution in [0.25, 0.3) is 0 Å². The smallest absolute Gasteiger partial charge is 0.363 e. The molecule has 0 bridgehead atoms. The van der Waals surface area contributed by atoms with Crippen molar-refractivity contribution in [1.29, 1.82) is 0 Å². The zero-order chi connectivity index (χ0) is 22.9. The van der Waals surface area contributed by atoms with Crippen molar-refractivity contribution >= 4 is 11.7 Å². The summed E-state index contributed by atoms with van der Waals surface area (Å²) in [5.41, 5.74) is 2.92. The maximum atomic E-state index is 13.9. The van der Waals surface area contributed by atoms with Gasteiger partial charge in [0.1, 0.15) is 11.4 Å². The summed E-state index contributed by atoms with van der Waals surface area (Å²) < 4.78 is 42.6. The van der Waals surface area contributed by atoms with Crippen LogP contribution in [0, 0.1) is 0 Å². The molecule has 168 valence electrons. The van der Waals surface area contributed by atoms with E-state index in [0.717, 1.165) is 27.8 Å². The zero-order valence-electron chi connectivity index (χ0n) is 17.9. The van der Waals surface area contributed by atoms with E-state index in [1.54, 1.807) is 7.05 Å². The summed E-state index contributed by atoms with van der Waals surface area (Å²) in [6, 6.07) is 14.6. The van der Waals surface area contributed by atoms with Crippen LogP contribution >= 0.6 is 0 Å². The van der Waals surface area contributed by atoms with E-state index in [1.165, 1.54) is 11.1 Å². The van der Waals surface area contributed by atoms with Crippen LogP contribution in [0.15, 0.2) is 60.8 Å². The van der Waals surface area contributed by atoms with Gasteiger partial charge in [-0.25, -0.2) is 4.68 Å². The van der Waals surface area contributed by atoms with Crippen LogP contribution in [0.4, 0.5) is 19.0 Å². The second kappa shape index (κ2) is 8.68. The molecule has 0 spiro atoms. The lowest BCUT2D eigenvalue weighted by Gasteiger charge is -2.34. The molecular weight excluding hydrogens is 417 g/mol. The molecule has 4 rings (SSSR count). The summed E-state index contributed by atoms with van der Waals surface area (Å²) in [6.07, 6.45) is -2.60. The molecule has 2 atom stereocenters. The van der Waals surface area contributed by atoms with Crippen molar-refractivity contribution in [3.8, 4) is 0 Å². The van der Waals surface area contributed by atoms with E-state index in [-0.39, 0.29) is 23.7 Å². The van der Waals surface area contributed by atoms with Crippen LogP contribution < -0.4 is 5.32 Å². The molecule has 0 radical (unpaired) electrons. The standard InChI is InChI=1S/C24H25F3N4O/c1-3-16-9-11-18(12-10-16)20-13-21(24(25,26)27)31-22(29-20)19(14-28-31)23(32)30(2)15-17-7-5-4-6-8-17/h4-12,14,20-21,29H,3,13,15H2,1-2H3/t20-,21-/m0/s1. The van der Waals surface area contributed by atoms with Gasteiger partial charge in [-0.3, -0.25) is 4.79 Å². The minimum Gasteiger partial charge on any atom is -0.363 e. The number of rotatable bonds is 5. The highest BCUT2D eigenvalue weighted by Gasteiger charge is 2.47. The third-order valence-electron chi connectivity index (χ3n) is 5.87. The normalized spacial score (nSPS) is 18.0. The monoisotopic (exact) mass is 442 g/mol. The van der Waals surface area contributed by atoms with Gasteiger partial charge in [0.2, 0.25) is 0 Å². The summed E-state index contributed by atoms with van der Waals surface area (Å²) in [4.78, 5) is 14.6. The van der Waals surface area contributed by atoms with Gasteiger partial charge in [-0.1, -0.05) is 61.5 Å². The maximum absolute atomic E-state index is 13.9. The maximum Gasteiger partial charge on any atom is 0.410 e. The second-order valence-corrected chi connectivity index (χ2v) is 8.08. The van der Waals surface area contributed by atoms with E-state index in [4.69, 9.17) is 0 Å². The number of hydrogen-bond donors (Lipinski definition) is 1. The van der Waals surface area contributed by atoms with Gasteiger partial charge in [0, 0.05) is 20.0 Å². The predicted octanol–water partition coefficient (Wildman–Crippen LogP) is 5.38. The van der Waals surface area contributed by atoms with Gasteiger partial charge in [0.15, 0.2) is 6.04 Å². The molecule has 0 unspecified atom stereocenters. The Morgan fingerprint density at radius 3 is 2.44 bits per heavy atom. The number of nitrogens with one attached hydrogen (secondary N) is 1. The largest absolute Gasteiger partial charge is 0.410 e. The summed E-state index contributed by atoms with van der Waals surface area (Å²) in [6.45, 7) is 2.37. The SMILES string of the molecule is CCc1ccc([C@@H]2C[C@@H](C(F)(F)F)n3ncc(C(=O)N(C)Cc4ccccc4)c3N2)cc1. The molecule has 1 amide bonds. The Hall–Kier alpha value is -3.29. The van der Waals surface area contributed by atoms with Crippen molar-refractivity contribution < 1.29 is 18.0 Å². The van der Waals surface area contributed by atoms with E-state index < -0.39 is 18.3 Å². The Labute approximate surface area is 184 Å². The highest BCUT2D eigenvalue weighted by atomic mass is 19.4. The van der Waals surface area contributed by atoms with Crippen LogP contribution in [0.2, 0.25) is 0 Å². The number of halogens is 3. The van der Waals surface area contributed by atoms with Crippen LogP contribution in [-0.4, -0.2) is 33.8 Å². The number of hydrogen-bond acceptors (Lipinski definition) is 3. The van der Waals surface area contributed by atoms with Crippen LogP contribution in [0.3, 0.4) is 0 Å². The van der Waals surface area contributed by atoms with E-state index in [1.807, 2.05) is 61.5 Å². The first-order valence-electron chi connectivity index (χ1n) is 10.6. The van der Waals surface area contributed by atoms with Gasteiger partial charge in [-0.05, 0) is 23.1 Å². The number of alkyl halides is 3. The lowest BCUT2D eigenvalue weighted by Crippen LogP contribution is -2.36. The number of carbonyl (C=O) groups is 1. The fraction of sp³-hybridized carbons (Fsp3) is 0.333. The number of aryl methyl sites for hydroxylation is 1. The van der Waals surface area contributed by atoms with Gasteiger partial charge < -0.3 is 10.2 Å². The van der Waals surface area contributed by atoms with E-state index in [0.29, 0.717) is 6.54 Å².